The standard InChI is InChI=1S/C13H17NO3/c1-13(14-12(15)16)7-11(8-13)17-9-10-5-3-2-4-6-10/h2-6,11,14H,7-9H2,1H3,(H,15,16). The van der Waals surface area contributed by atoms with Gasteiger partial charge in [-0.15, -0.1) is 0 Å². The molecule has 2 N–H and O–H groups in total. The molecule has 1 aromatic carbocycles. The van der Waals surface area contributed by atoms with E-state index >= 15 is 0 Å². The molecule has 4 nitrogen and oxygen atoms in total. The van der Waals surface area contributed by atoms with E-state index < -0.39 is 6.09 Å². The smallest absolute Gasteiger partial charge is 0.405 e. The number of ether oxygens (including phenoxy) is 1. The molecule has 0 aromatic heterocycles. The molecule has 0 radical (unpaired) electrons. The Hall–Kier alpha value is -1.55. The van der Waals surface area contributed by atoms with Gasteiger partial charge in [-0.05, 0) is 25.3 Å². The first kappa shape index (κ1) is 11.9. The van der Waals surface area contributed by atoms with Crippen LogP contribution in [-0.2, 0) is 11.3 Å². The molecule has 1 aliphatic carbocycles. The summed E-state index contributed by atoms with van der Waals surface area (Å²) in [6, 6.07) is 9.98. The highest BCUT2D eigenvalue weighted by Crippen LogP contribution is 2.34. The summed E-state index contributed by atoms with van der Waals surface area (Å²) in [5.74, 6) is 0. The summed E-state index contributed by atoms with van der Waals surface area (Å²) in [7, 11) is 0. The van der Waals surface area contributed by atoms with Crippen LogP contribution in [0, 0.1) is 0 Å². The van der Waals surface area contributed by atoms with E-state index in [9.17, 15) is 4.79 Å². The predicted molar refractivity (Wildman–Crippen MR) is 63.8 cm³/mol. The molecule has 1 aliphatic rings. The van der Waals surface area contributed by atoms with Gasteiger partial charge < -0.3 is 15.2 Å². The predicted octanol–water partition coefficient (Wildman–Crippen LogP) is 2.39. The maximum atomic E-state index is 10.5. The molecule has 92 valence electrons. The number of carboxylic acid groups (broad SMARTS) is 1. The molecule has 1 saturated carbocycles. The van der Waals surface area contributed by atoms with Crippen molar-refractivity contribution >= 4 is 6.09 Å². The zero-order valence-corrected chi connectivity index (χ0v) is 9.85. The second kappa shape index (κ2) is 4.75. The normalized spacial score (nSPS) is 27.2. The second-order valence-electron chi connectivity index (χ2n) is 4.82. The van der Waals surface area contributed by atoms with Crippen LogP contribution in [0.15, 0.2) is 30.3 Å². The molecular formula is C13H17NO3. The Kier molecular flexibility index (Phi) is 3.33. The van der Waals surface area contributed by atoms with Crippen LogP contribution in [0.5, 0.6) is 0 Å². The largest absolute Gasteiger partial charge is 0.465 e. The van der Waals surface area contributed by atoms with E-state index in [0.29, 0.717) is 6.61 Å². The van der Waals surface area contributed by atoms with Gasteiger partial charge in [-0.1, -0.05) is 30.3 Å². The maximum Gasteiger partial charge on any atom is 0.405 e. The Balaban J connectivity index is 1.72. The molecule has 0 bridgehead atoms. The zero-order chi connectivity index (χ0) is 12.3. The van der Waals surface area contributed by atoms with Gasteiger partial charge >= 0.3 is 6.09 Å². The molecule has 0 unspecified atom stereocenters. The van der Waals surface area contributed by atoms with Gasteiger partial charge in [0, 0.05) is 5.54 Å². The van der Waals surface area contributed by atoms with Gasteiger partial charge in [-0.2, -0.15) is 0 Å². The van der Waals surface area contributed by atoms with Crippen LogP contribution in [0.3, 0.4) is 0 Å². The fraction of sp³-hybridized carbons (Fsp3) is 0.462. The van der Waals surface area contributed by atoms with Gasteiger partial charge in [-0.3, -0.25) is 0 Å². The second-order valence-corrected chi connectivity index (χ2v) is 4.82. The number of hydrogen-bond acceptors (Lipinski definition) is 2. The number of amides is 1. The maximum absolute atomic E-state index is 10.5. The molecule has 4 heteroatoms. The van der Waals surface area contributed by atoms with Crippen LogP contribution in [-0.4, -0.2) is 22.8 Å². The van der Waals surface area contributed by atoms with E-state index in [1.54, 1.807) is 0 Å². The molecule has 1 aromatic rings. The monoisotopic (exact) mass is 235 g/mol. The highest BCUT2D eigenvalue weighted by molar-refractivity contribution is 5.65. The third-order valence-corrected chi connectivity index (χ3v) is 3.09. The number of benzene rings is 1. The fourth-order valence-corrected chi connectivity index (χ4v) is 2.21. The van der Waals surface area contributed by atoms with Crippen molar-refractivity contribution in [2.24, 2.45) is 0 Å². The molecule has 2 rings (SSSR count). The van der Waals surface area contributed by atoms with Crippen LogP contribution in [0.4, 0.5) is 4.79 Å². The quantitative estimate of drug-likeness (QED) is 0.842. The van der Waals surface area contributed by atoms with E-state index in [4.69, 9.17) is 9.84 Å². The Labute approximate surface area is 101 Å². The highest BCUT2D eigenvalue weighted by atomic mass is 16.5. The van der Waals surface area contributed by atoms with Crippen LogP contribution in [0.25, 0.3) is 0 Å². The lowest BCUT2D eigenvalue weighted by Gasteiger charge is -2.44. The van der Waals surface area contributed by atoms with Crippen molar-refractivity contribution in [1.82, 2.24) is 5.32 Å². The minimum Gasteiger partial charge on any atom is -0.465 e. The molecular weight excluding hydrogens is 218 g/mol. The van der Waals surface area contributed by atoms with E-state index in [2.05, 4.69) is 5.32 Å². The van der Waals surface area contributed by atoms with Gasteiger partial charge in [0.05, 0.1) is 12.7 Å². The lowest BCUT2D eigenvalue weighted by Crippen LogP contribution is -2.57. The lowest BCUT2D eigenvalue weighted by molar-refractivity contribution is -0.0556. The van der Waals surface area contributed by atoms with E-state index in [1.807, 2.05) is 37.3 Å². The molecule has 0 spiro atoms. The number of hydrogen-bond donors (Lipinski definition) is 2. The molecule has 17 heavy (non-hydrogen) atoms. The minimum absolute atomic E-state index is 0.159. The Bertz CT molecular complexity index is 385. The van der Waals surface area contributed by atoms with Crippen molar-refractivity contribution in [3.8, 4) is 0 Å². The van der Waals surface area contributed by atoms with Crippen LogP contribution in [0.2, 0.25) is 0 Å². The minimum atomic E-state index is -0.964. The molecule has 0 heterocycles. The summed E-state index contributed by atoms with van der Waals surface area (Å²) in [5.41, 5.74) is 0.833. The van der Waals surface area contributed by atoms with Gasteiger partial charge in [0.25, 0.3) is 0 Å². The summed E-state index contributed by atoms with van der Waals surface area (Å²) >= 11 is 0. The summed E-state index contributed by atoms with van der Waals surface area (Å²) < 4.78 is 5.71. The molecule has 1 fully saturated rings. The van der Waals surface area contributed by atoms with Crippen molar-refractivity contribution in [3.63, 3.8) is 0 Å². The summed E-state index contributed by atoms with van der Waals surface area (Å²) in [5, 5.41) is 11.2. The zero-order valence-electron chi connectivity index (χ0n) is 9.85. The third kappa shape index (κ3) is 3.20. The first-order valence-electron chi connectivity index (χ1n) is 5.74. The number of rotatable bonds is 4. The first-order valence-corrected chi connectivity index (χ1v) is 5.74. The Morgan fingerprint density at radius 1 is 1.47 bits per heavy atom. The van der Waals surface area contributed by atoms with Gasteiger partial charge in [-0.25, -0.2) is 4.79 Å². The number of nitrogens with one attached hydrogen (secondary N) is 1. The van der Waals surface area contributed by atoms with Crippen LogP contribution in [0.1, 0.15) is 25.3 Å². The summed E-state index contributed by atoms with van der Waals surface area (Å²) in [6.45, 7) is 2.50. The molecule has 0 saturated heterocycles. The van der Waals surface area contributed by atoms with Crippen molar-refractivity contribution in [3.05, 3.63) is 35.9 Å². The SMILES string of the molecule is CC1(NC(=O)O)CC(OCc2ccccc2)C1. The van der Waals surface area contributed by atoms with Gasteiger partial charge in [0.1, 0.15) is 0 Å². The summed E-state index contributed by atoms with van der Waals surface area (Å²) in [6.07, 6.45) is 0.680. The van der Waals surface area contributed by atoms with E-state index in [0.717, 1.165) is 18.4 Å². The van der Waals surface area contributed by atoms with E-state index in [1.165, 1.54) is 0 Å². The van der Waals surface area contributed by atoms with Gasteiger partial charge in [0.2, 0.25) is 0 Å². The van der Waals surface area contributed by atoms with Crippen molar-refractivity contribution in [2.75, 3.05) is 0 Å². The highest BCUT2D eigenvalue weighted by Gasteiger charge is 2.42. The summed E-state index contributed by atoms with van der Waals surface area (Å²) in [4.78, 5) is 10.5. The van der Waals surface area contributed by atoms with Crippen LogP contribution >= 0.6 is 0 Å². The number of carbonyl (C=O) groups is 1. The Morgan fingerprint density at radius 3 is 2.71 bits per heavy atom. The average Bonchev–Trinajstić information content (AvgIpc) is 2.24. The lowest BCUT2D eigenvalue weighted by atomic mass is 9.76. The van der Waals surface area contributed by atoms with Crippen LogP contribution < -0.4 is 5.32 Å². The molecule has 0 aliphatic heterocycles. The molecule has 0 atom stereocenters. The Morgan fingerprint density at radius 2 is 2.12 bits per heavy atom. The molecule has 1 amide bonds. The topological polar surface area (TPSA) is 58.6 Å². The first-order chi connectivity index (χ1) is 8.07. The van der Waals surface area contributed by atoms with Crippen molar-refractivity contribution < 1.29 is 14.6 Å². The van der Waals surface area contributed by atoms with Crippen molar-refractivity contribution in [2.45, 2.75) is 38.0 Å². The van der Waals surface area contributed by atoms with E-state index in [-0.39, 0.29) is 11.6 Å². The fourth-order valence-electron chi connectivity index (χ4n) is 2.21. The third-order valence-electron chi connectivity index (χ3n) is 3.09. The van der Waals surface area contributed by atoms with Crippen molar-refractivity contribution in [1.29, 1.82) is 0 Å². The van der Waals surface area contributed by atoms with Gasteiger partial charge in [0.15, 0.2) is 0 Å². The average molecular weight is 235 g/mol.